The minimum absolute atomic E-state index is 0.349. The third-order valence-electron chi connectivity index (χ3n) is 5.50. The molecule has 0 aliphatic heterocycles. The third kappa shape index (κ3) is 3.49. The lowest BCUT2D eigenvalue weighted by atomic mass is 10.0. The lowest BCUT2D eigenvalue weighted by Gasteiger charge is -2.23. The largest absolute Gasteiger partial charge is 0.461 e. The van der Waals surface area contributed by atoms with Crippen molar-refractivity contribution in [1.29, 1.82) is 0 Å². The predicted octanol–water partition coefficient (Wildman–Crippen LogP) is 2.60. The molecule has 3 aromatic rings. The van der Waals surface area contributed by atoms with Crippen LogP contribution in [0.2, 0.25) is 0 Å². The first-order valence-electron chi connectivity index (χ1n) is 9.57. The summed E-state index contributed by atoms with van der Waals surface area (Å²) in [7, 11) is 1.44. The van der Waals surface area contributed by atoms with Crippen LogP contribution in [0.25, 0.3) is 22.2 Å². The molecule has 2 amide bonds. The predicted molar refractivity (Wildman–Crippen MR) is 108 cm³/mol. The number of carbonyl (C=O) groups excluding carboxylic acids is 2. The number of aliphatic hydroxyl groups excluding tert-OH is 1. The Labute approximate surface area is 168 Å². The summed E-state index contributed by atoms with van der Waals surface area (Å²) in [6, 6.07) is 8.65. The van der Waals surface area contributed by atoms with Gasteiger partial charge in [-0.3, -0.25) is 14.6 Å². The van der Waals surface area contributed by atoms with E-state index < -0.39 is 24.5 Å². The Morgan fingerprint density at radius 3 is 2.72 bits per heavy atom. The highest BCUT2D eigenvalue weighted by Gasteiger charge is 2.29. The fraction of sp³-hybridized carbons (Fsp3) is 0.318. The van der Waals surface area contributed by atoms with Crippen LogP contribution < -0.4 is 5.73 Å². The Kier molecular flexibility index (Phi) is 4.84. The van der Waals surface area contributed by atoms with Crippen LogP contribution >= 0.6 is 0 Å². The SMILES string of the molecule is Cc1oc2ccc(-c3cc(C4CC4)ccn3)cc2c1C(=O)N(C)C(CO)C(N)=O. The standard InChI is InChI=1S/C22H23N3O4/c1-12-20(22(28)25(2)18(11-26)21(23)27)16-9-15(5-6-19(16)29-12)17-10-14(7-8-24-17)13-3-4-13/h5-10,13,18,26H,3-4,11H2,1-2H3,(H2,23,27). The second kappa shape index (κ2) is 7.33. The molecule has 7 nitrogen and oxygen atoms in total. The number of nitrogens with two attached hydrogens (primary N) is 1. The summed E-state index contributed by atoms with van der Waals surface area (Å²) in [6.45, 7) is 1.15. The van der Waals surface area contributed by atoms with E-state index in [9.17, 15) is 14.7 Å². The minimum Gasteiger partial charge on any atom is -0.461 e. The quantitative estimate of drug-likeness (QED) is 0.669. The van der Waals surface area contributed by atoms with Crippen LogP contribution in [0.3, 0.4) is 0 Å². The normalized spacial score (nSPS) is 14.7. The first-order chi connectivity index (χ1) is 13.9. The summed E-state index contributed by atoms with van der Waals surface area (Å²) in [6.07, 6.45) is 4.23. The summed E-state index contributed by atoms with van der Waals surface area (Å²) in [5.41, 5.74) is 9.23. The van der Waals surface area contributed by atoms with Crippen molar-refractivity contribution in [2.45, 2.75) is 31.7 Å². The van der Waals surface area contributed by atoms with Crippen LogP contribution in [-0.2, 0) is 4.79 Å². The van der Waals surface area contributed by atoms with E-state index in [4.69, 9.17) is 10.2 Å². The number of pyridine rings is 1. The summed E-state index contributed by atoms with van der Waals surface area (Å²) in [5.74, 6) is -0.145. The number of likely N-dealkylation sites (N-methyl/N-ethyl adjacent to an activating group) is 1. The van der Waals surface area contributed by atoms with Crippen molar-refractivity contribution in [3.05, 3.63) is 53.4 Å². The molecule has 4 rings (SSSR count). The van der Waals surface area contributed by atoms with Crippen LogP contribution in [0.1, 0.15) is 40.4 Å². The van der Waals surface area contributed by atoms with Gasteiger partial charge in [0.15, 0.2) is 0 Å². The maximum absolute atomic E-state index is 13.1. The molecule has 7 heteroatoms. The van der Waals surface area contributed by atoms with Gasteiger partial charge >= 0.3 is 0 Å². The second-order valence-corrected chi connectivity index (χ2v) is 7.51. The average Bonchev–Trinajstić information content (AvgIpc) is 3.50. The Balaban J connectivity index is 1.76. The third-order valence-corrected chi connectivity index (χ3v) is 5.50. The highest BCUT2D eigenvalue weighted by atomic mass is 16.3. The number of fused-ring (bicyclic) bond motifs is 1. The van der Waals surface area contributed by atoms with E-state index in [2.05, 4.69) is 11.1 Å². The zero-order valence-corrected chi connectivity index (χ0v) is 16.4. The van der Waals surface area contributed by atoms with Gasteiger partial charge in [0.1, 0.15) is 17.4 Å². The number of primary amides is 1. The molecule has 0 saturated heterocycles. The molecule has 150 valence electrons. The number of benzene rings is 1. The smallest absolute Gasteiger partial charge is 0.258 e. The van der Waals surface area contributed by atoms with Crippen molar-refractivity contribution < 1.29 is 19.1 Å². The number of carbonyl (C=O) groups is 2. The molecule has 1 atom stereocenters. The summed E-state index contributed by atoms with van der Waals surface area (Å²) >= 11 is 0. The number of amides is 2. The number of hydrogen-bond donors (Lipinski definition) is 2. The second-order valence-electron chi connectivity index (χ2n) is 7.51. The van der Waals surface area contributed by atoms with Crippen molar-refractivity contribution in [3.63, 3.8) is 0 Å². The van der Waals surface area contributed by atoms with Gasteiger partial charge in [-0.2, -0.15) is 0 Å². The summed E-state index contributed by atoms with van der Waals surface area (Å²) < 4.78 is 5.76. The van der Waals surface area contributed by atoms with Crippen molar-refractivity contribution >= 4 is 22.8 Å². The molecule has 1 unspecified atom stereocenters. The number of aryl methyl sites for hydroxylation is 1. The average molecular weight is 393 g/mol. The lowest BCUT2D eigenvalue weighted by molar-refractivity contribution is -0.123. The zero-order valence-electron chi connectivity index (χ0n) is 16.4. The highest BCUT2D eigenvalue weighted by molar-refractivity contribution is 6.09. The van der Waals surface area contributed by atoms with Crippen LogP contribution in [0.15, 0.2) is 40.9 Å². The lowest BCUT2D eigenvalue weighted by Crippen LogP contribution is -2.48. The first-order valence-corrected chi connectivity index (χ1v) is 9.57. The molecule has 1 fully saturated rings. The van der Waals surface area contributed by atoms with Crippen LogP contribution in [0, 0.1) is 6.92 Å². The van der Waals surface area contributed by atoms with Crippen LogP contribution in [0.5, 0.6) is 0 Å². The molecule has 2 aromatic heterocycles. The fourth-order valence-corrected chi connectivity index (χ4v) is 3.64. The number of aliphatic hydroxyl groups is 1. The van der Waals surface area contributed by atoms with Crippen molar-refractivity contribution in [3.8, 4) is 11.3 Å². The summed E-state index contributed by atoms with van der Waals surface area (Å²) in [5, 5.41) is 10.1. The molecule has 3 N–H and O–H groups in total. The Morgan fingerprint density at radius 1 is 1.31 bits per heavy atom. The van der Waals surface area contributed by atoms with Gasteiger partial charge in [0, 0.05) is 24.2 Å². The van der Waals surface area contributed by atoms with Gasteiger partial charge in [-0.05, 0) is 61.6 Å². The number of aromatic nitrogens is 1. The molecule has 0 radical (unpaired) electrons. The Morgan fingerprint density at radius 2 is 2.07 bits per heavy atom. The number of furan rings is 1. The van der Waals surface area contributed by atoms with Crippen molar-refractivity contribution in [2.75, 3.05) is 13.7 Å². The highest BCUT2D eigenvalue weighted by Crippen LogP contribution is 2.41. The Bertz CT molecular complexity index is 1100. The van der Waals surface area contributed by atoms with E-state index in [-0.39, 0.29) is 0 Å². The van der Waals surface area contributed by atoms with E-state index in [1.807, 2.05) is 30.5 Å². The maximum atomic E-state index is 13.1. The molecule has 0 spiro atoms. The monoisotopic (exact) mass is 393 g/mol. The first kappa shape index (κ1) is 19.1. The molecule has 2 heterocycles. The molecule has 1 aromatic carbocycles. The zero-order chi connectivity index (χ0) is 20.7. The molecule has 1 aliphatic rings. The number of nitrogens with zero attached hydrogens (tertiary/aromatic N) is 2. The van der Waals surface area contributed by atoms with Gasteiger partial charge in [-0.15, -0.1) is 0 Å². The fourth-order valence-electron chi connectivity index (χ4n) is 3.64. The van der Waals surface area contributed by atoms with Gasteiger partial charge in [0.05, 0.1) is 17.9 Å². The number of hydrogen-bond acceptors (Lipinski definition) is 5. The molecule has 29 heavy (non-hydrogen) atoms. The molecule has 1 saturated carbocycles. The molecule has 1 aliphatic carbocycles. The van der Waals surface area contributed by atoms with E-state index in [1.165, 1.54) is 25.5 Å². The Hall–Kier alpha value is -3.19. The van der Waals surface area contributed by atoms with Gasteiger partial charge in [0.2, 0.25) is 5.91 Å². The van der Waals surface area contributed by atoms with Crippen LogP contribution in [-0.4, -0.2) is 46.5 Å². The number of rotatable bonds is 6. The maximum Gasteiger partial charge on any atom is 0.258 e. The molecule has 0 bridgehead atoms. The molecular formula is C22H23N3O4. The van der Waals surface area contributed by atoms with Gasteiger partial charge in [-0.1, -0.05) is 0 Å². The van der Waals surface area contributed by atoms with E-state index in [1.54, 1.807) is 6.92 Å². The van der Waals surface area contributed by atoms with Gasteiger partial charge in [-0.25, -0.2) is 0 Å². The van der Waals surface area contributed by atoms with Crippen LogP contribution in [0.4, 0.5) is 0 Å². The van der Waals surface area contributed by atoms with E-state index >= 15 is 0 Å². The molecular weight excluding hydrogens is 370 g/mol. The van der Waals surface area contributed by atoms with Crippen molar-refractivity contribution in [2.24, 2.45) is 5.73 Å². The van der Waals surface area contributed by atoms with Crippen molar-refractivity contribution in [1.82, 2.24) is 9.88 Å². The topological polar surface area (TPSA) is 110 Å². The minimum atomic E-state index is -1.10. The van der Waals surface area contributed by atoms with Gasteiger partial charge in [0.25, 0.3) is 5.91 Å². The van der Waals surface area contributed by atoms with E-state index in [0.717, 1.165) is 16.2 Å². The van der Waals surface area contributed by atoms with Gasteiger partial charge < -0.3 is 20.2 Å². The van der Waals surface area contributed by atoms with E-state index in [0.29, 0.717) is 28.2 Å². The summed E-state index contributed by atoms with van der Waals surface area (Å²) in [4.78, 5) is 30.3.